The van der Waals surface area contributed by atoms with Gasteiger partial charge in [0.1, 0.15) is 0 Å². The van der Waals surface area contributed by atoms with Gasteiger partial charge in [-0.05, 0) is 68.1 Å². The number of hydrogen-bond donors (Lipinski definition) is 0. The molecule has 0 spiro atoms. The average Bonchev–Trinajstić information content (AvgIpc) is 3.80. The number of thiophene rings is 1. The number of rotatable bonds is 6. The lowest BCUT2D eigenvalue weighted by Gasteiger charge is -2.34. The lowest BCUT2D eigenvalue weighted by atomic mass is 9.67. The van der Waals surface area contributed by atoms with Crippen molar-refractivity contribution in [2.24, 2.45) is 0 Å². The van der Waals surface area contributed by atoms with Crippen LogP contribution in [-0.4, -0.2) is 15.0 Å². The summed E-state index contributed by atoms with van der Waals surface area (Å²) in [6.45, 7) is 0. The summed E-state index contributed by atoms with van der Waals surface area (Å²) in [4.78, 5) is 16.5. The Bertz CT molecular complexity index is 2650. The van der Waals surface area contributed by atoms with E-state index in [1.165, 1.54) is 49.0 Å². The number of aromatic nitrogens is 3. The zero-order valence-corrected chi connectivity index (χ0v) is 29.0. The van der Waals surface area contributed by atoms with Crippen LogP contribution in [-0.2, 0) is 5.41 Å². The van der Waals surface area contributed by atoms with Crippen LogP contribution in [0.1, 0.15) is 22.3 Å². The fraction of sp³-hybridized carbons (Fsp3) is 0.0208. The van der Waals surface area contributed by atoms with Crippen LogP contribution in [0, 0.1) is 0 Å². The lowest BCUT2D eigenvalue weighted by molar-refractivity contribution is 0.768. The second-order valence-electron chi connectivity index (χ2n) is 13.2. The van der Waals surface area contributed by atoms with Crippen LogP contribution < -0.4 is 0 Å². The van der Waals surface area contributed by atoms with Crippen molar-refractivity contribution in [3.05, 3.63) is 210 Å². The summed E-state index contributed by atoms with van der Waals surface area (Å²) >= 11 is 1.71. The zero-order valence-electron chi connectivity index (χ0n) is 28.1. The first-order valence-electron chi connectivity index (χ1n) is 17.5. The normalized spacial score (nSPS) is 12.8. The highest BCUT2D eigenvalue weighted by molar-refractivity contribution is 7.22. The second-order valence-corrected chi connectivity index (χ2v) is 14.3. The van der Waals surface area contributed by atoms with Gasteiger partial charge < -0.3 is 0 Å². The zero-order chi connectivity index (χ0) is 34.5. The summed E-state index contributed by atoms with van der Waals surface area (Å²) in [5.74, 6) is 1.97. The third-order valence-electron chi connectivity index (χ3n) is 10.2. The molecule has 0 atom stereocenters. The van der Waals surface area contributed by atoms with Crippen molar-refractivity contribution in [3.8, 4) is 55.7 Å². The molecular formula is C48H31N3S. The highest BCUT2D eigenvalue weighted by atomic mass is 32.1. The molecule has 244 valence electrons. The van der Waals surface area contributed by atoms with E-state index in [-0.39, 0.29) is 0 Å². The van der Waals surface area contributed by atoms with E-state index in [0.717, 1.165) is 21.6 Å². The van der Waals surface area contributed by atoms with Gasteiger partial charge in [-0.1, -0.05) is 170 Å². The molecule has 0 bridgehead atoms. The van der Waals surface area contributed by atoms with Gasteiger partial charge >= 0.3 is 0 Å². The van der Waals surface area contributed by atoms with Crippen molar-refractivity contribution in [1.29, 1.82) is 0 Å². The number of benzene rings is 7. The van der Waals surface area contributed by atoms with E-state index < -0.39 is 5.41 Å². The molecule has 0 amide bonds. The van der Waals surface area contributed by atoms with E-state index in [1.807, 2.05) is 6.07 Å². The Morgan fingerprint density at radius 3 is 1.60 bits per heavy atom. The first kappa shape index (κ1) is 30.3. The average molecular weight is 682 g/mol. The Balaban J connectivity index is 1.17. The topological polar surface area (TPSA) is 38.7 Å². The maximum Gasteiger partial charge on any atom is 0.174 e. The Kier molecular flexibility index (Phi) is 7.22. The second kappa shape index (κ2) is 12.4. The minimum Gasteiger partial charge on any atom is -0.208 e. The molecule has 0 unspecified atom stereocenters. The highest BCUT2D eigenvalue weighted by Gasteiger charge is 2.45. The van der Waals surface area contributed by atoms with E-state index in [2.05, 4.69) is 182 Å². The molecule has 9 aromatic rings. The summed E-state index contributed by atoms with van der Waals surface area (Å²) < 4.78 is 1.21. The number of nitrogens with zero attached hydrogens (tertiary/aromatic N) is 3. The molecule has 4 heteroatoms. The Morgan fingerprint density at radius 2 is 0.885 bits per heavy atom. The molecule has 0 fully saturated rings. The molecule has 2 aromatic heterocycles. The largest absolute Gasteiger partial charge is 0.208 e. The molecular weight excluding hydrogens is 651 g/mol. The van der Waals surface area contributed by atoms with Crippen molar-refractivity contribution in [2.75, 3.05) is 0 Å². The Hall–Kier alpha value is -6.49. The highest BCUT2D eigenvalue weighted by Crippen LogP contribution is 2.56. The van der Waals surface area contributed by atoms with Crippen LogP contribution >= 0.6 is 11.3 Å². The smallest absolute Gasteiger partial charge is 0.174 e. The van der Waals surface area contributed by atoms with E-state index in [1.54, 1.807) is 11.3 Å². The van der Waals surface area contributed by atoms with Gasteiger partial charge in [0.05, 0.1) is 10.3 Å². The number of hydrogen-bond acceptors (Lipinski definition) is 4. The van der Waals surface area contributed by atoms with Gasteiger partial charge in [0, 0.05) is 15.8 Å². The molecule has 1 aliphatic carbocycles. The molecule has 10 rings (SSSR count). The monoisotopic (exact) mass is 681 g/mol. The molecule has 52 heavy (non-hydrogen) atoms. The van der Waals surface area contributed by atoms with Crippen molar-refractivity contribution < 1.29 is 0 Å². The van der Waals surface area contributed by atoms with E-state index in [0.29, 0.717) is 17.5 Å². The Morgan fingerprint density at radius 1 is 0.365 bits per heavy atom. The molecule has 0 saturated heterocycles. The van der Waals surface area contributed by atoms with E-state index >= 15 is 0 Å². The van der Waals surface area contributed by atoms with Gasteiger partial charge in [-0.15, -0.1) is 11.3 Å². The predicted octanol–water partition coefficient (Wildman–Crippen LogP) is 12.1. The van der Waals surface area contributed by atoms with Crippen LogP contribution in [0.15, 0.2) is 188 Å². The lowest BCUT2D eigenvalue weighted by Crippen LogP contribution is -2.28. The van der Waals surface area contributed by atoms with Gasteiger partial charge in [0.25, 0.3) is 0 Å². The van der Waals surface area contributed by atoms with Gasteiger partial charge in [-0.25, -0.2) is 15.0 Å². The van der Waals surface area contributed by atoms with Crippen molar-refractivity contribution >= 4 is 21.4 Å². The summed E-state index contributed by atoms with van der Waals surface area (Å²) in [6, 6.07) is 67.0. The number of fused-ring (bicyclic) bond motifs is 4. The first-order valence-corrected chi connectivity index (χ1v) is 18.3. The maximum atomic E-state index is 5.20. The summed E-state index contributed by atoms with van der Waals surface area (Å²) in [5, 5.41) is 1.18. The SMILES string of the molecule is c1ccc(-c2ccc(-c3nc(-c4cccc(C5(c6ccccc6)c6ccccc6-c6ccccc65)c4)nc(-c4cc5ccccc5s4)n3)cc2)cc1. The molecule has 0 saturated carbocycles. The fourth-order valence-corrected chi connectivity index (χ4v) is 8.88. The molecule has 0 aliphatic heterocycles. The summed E-state index contributed by atoms with van der Waals surface area (Å²) in [7, 11) is 0. The van der Waals surface area contributed by atoms with Crippen LogP contribution in [0.25, 0.3) is 65.8 Å². The fourth-order valence-electron chi connectivity index (χ4n) is 7.88. The molecule has 7 aromatic carbocycles. The third kappa shape index (κ3) is 4.91. The maximum absolute atomic E-state index is 5.20. The quantitative estimate of drug-likeness (QED) is 0.175. The van der Waals surface area contributed by atoms with Crippen LogP contribution in [0.4, 0.5) is 0 Å². The van der Waals surface area contributed by atoms with Gasteiger partial charge in [0.15, 0.2) is 17.5 Å². The van der Waals surface area contributed by atoms with Crippen molar-refractivity contribution in [3.63, 3.8) is 0 Å². The van der Waals surface area contributed by atoms with Gasteiger partial charge in [-0.2, -0.15) is 0 Å². The molecule has 0 N–H and O–H groups in total. The van der Waals surface area contributed by atoms with Crippen LogP contribution in [0.3, 0.4) is 0 Å². The summed E-state index contributed by atoms with van der Waals surface area (Å²) in [6.07, 6.45) is 0. The van der Waals surface area contributed by atoms with E-state index in [9.17, 15) is 0 Å². The van der Waals surface area contributed by atoms with Gasteiger partial charge in [-0.3, -0.25) is 0 Å². The standard InChI is InChI=1S/C48H31N3S/c1-3-14-32(15-4-1)33-26-28-34(29-27-33)45-49-46(51-47(50-45)44-31-35-16-7-12-25-43(35)52-44)36-17-13-20-38(30-36)48(37-18-5-2-6-19-37)41-23-10-8-21-39(41)40-22-9-11-24-42(40)48/h1-31H. The summed E-state index contributed by atoms with van der Waals surface area (Å²) in [5.41, 5.74) is 11.2. The molecule has 3 nitrogen and oxygen atoms in total. The van der Waals surface area contributed by atoms with Gasteiger partial charge in [0.2, 0.25) is 0 Å². The molecule has 1 aliphatic rings. The predicted molar refractivity (Wildman–Crippen MR) is 214 cm³/mol. The van der Waals surface area contributed by atoms with Crippen LogP contribution in [0.5, 0.6) is 0 Å². The van der Waals surface area contributed by atoms with Crippen molar-refractivity contribution in [1.82, 2.24) is 15.0 Å². The Labute approximate surface area is 306 Å². The molecule has 0 radical (unpaired) electrons. The third-order valence-corrected chi connectivity index (χ3v) is 11.4. The van der Waals surface area contributed by atoms with Crippen molar-refractivity contribution in [2.45, 2.75) is 5.41 Å². The van der Waals surface area contributed by atoms with E-state index in [4.69, 9.17) is 15.0 Å². The van der Waals surface area contributed by atoms with Crippen LogP contribution in [0.2, 0.25) is 0 Å². The molecule has 2 heterocycles. The minimum atomic E-state index is -0.512. The minimum absolute atomic E-state index is 0.512. The first-order chi connectivity index (χ1) is 25.8.